The van der Waals surface area contributed by atoms with Crippen molar-refractivity contribution in [1.29, 1.82) is 0 Å². The van der Waals surface area contributed by atoms with Crippen molar-refractivity contribution in [2.45, 2.75) is 45.1 Å². The second-order valence-electron chi connectivity index (χ2n) is 7.84. The van der Waals surface area contributed by atoms with Crippen molar-refractivity contribution in [1.82, 2.24) is 25.1 Å². The zero-order chi connectivity index (χ0) is 19.5. The lowest BCUT2D eigenvalue weighted by Crippen LogP contribution is -2.34. The van der Waals surface area contributed by atoms with Crippen molar-refractivity contribution in [2.75, 3.05) is 13.1 Å². The third kappa shape index (κ3) is 4.12. The predicted octanol–water partition coefficient (Wildman–Crippen LogP) is 4.51. The van der Waals surface area contributed by atoms with E-state index in [0.717, 1.165) is 60.8 Å². The second kappa shape index (κ2) is 8.19. The molecule has 1 aliphatic heterocycles. The van der Waals surface area contributed by atoms with Crippen LogP contribution in [0.2, 0.25) is 0 Å². The Bertz CT molecular complexity index is 919. The van der Waals surface area contributed by atoms with Crippen LogP contribution in [0.3, 0.4) is 0 Å². The summed E-state index contributed by atoms with van der Waals surface area (Å²) in [4.78, 5) is 11.5. The molecule has 4 rings (SSSR count). The van der Waals surface area contributed by atoms with Crippen molar-refractivity contribution in [3.05, 3.63) is 65.8 Å². The van der Waals surface area contributed by atoms with Gasteiger partial charge >= 0.3 is 0 Å². The van der Waals surface area contributed by atoms with Crippen LogP contribution in [0.15, 0.2) is 42.7 Å². The summed E-state index contributed by atoms with van der Waals surface area (Å²) in [5.74, 6) is 1.39. The maximum atomic E-state index is 13.3. The molecule has 1 N–H and O–H groups in total. The van der Waals surface area contributed by atoms with Crippen LogP contribution in [0.1, 0.15) is 55.7 Å². The minimum Gasteiger partial charge on any atom is -0.297 e. The highest BCUT2D eigenvalue weighted by molar-refractivity contribution is 5.65. The summed E-state index contributed by atoms with van der Waals surface area (Å²) >= 11 is 0. The van der Waals surface area contributed by atoms with Crippen molar-refractivity contribution in [2.24, 2.45) is 0 Å². The molecule has 0 amide bonds. The van der Waals surface area contributed by atoms with Gasteiger partial charge in [-0.25, -0.2) is 14.4 Å². The minimum atomic E-state index is -0.219. The third-order valence-corrected chi connectivity index (χ3v) is 5.37. The van der Waals surface area contributed by atoms with Gasteiger partial charge in [0, 0.05) is 42.4 Å². The molecule has 3 heterocycles. The van der Waals surface area contributed by atoms with E-state index in [1.165, 1.54) is 12.1 Å². The smallest absolute Gasteiger partial charge is 0.131 e. The van der Waals surface area contributed by atoms with Gasteiger partial charge in [-0.1, -0.05) is 26.0 Å². The molecule has 0 aliphatic carbocycles. The molecule has 0 spiro atoms. The Morgan fingerprint density at radius 1 is 1.21 bits per heavy atom. The number of halogens is 1. The van der Waals surface area contributed by atoms with Crippen molar-refractivity contribution < 1.29 is 4.39 Å². The van der Waals surface area contributed by atoms with Crippen LogP contribution in [-0.4, -0.2) is 38.2 Å². The molecule has 6 heteroatoms. The molecular weight excluding hydrogens is 353 g/mol. The molecule has 2 aromatic heterocycles. The van der Waals surface area contributed by atoms with E-state index in [1.807, 2.05) is 30.6 Å². The summed E-state index contributed by atoms with van der Waals surface area (Å²) in [6.45, 7) is 7.09. The van der Waals surface area contributed by atoms with E-state index < -0.39 is 0 Å². The van der Waals surface area contributed by atoms with Crippen molar-refractivity contribution >= 4 is 0 Å². The summed E-state index contributed by atoms with van der Waals surface area (Å²) in [5, 5.41) is 7.48. The molecule has 1 atom stereocenters. The van der Waals surface area contributed by atoms with Gasteiger partial charge in [0.05, 0.1) is 11.9 Å². The Hall–Kier alpha value is -2.60. The molecule has 1 aromatic carbocycles. The summed E-state index contributed by atoms with van der Waals surface area (Å²) in [7, 11) is 0. The van der Waals surface area contributed by atoms with E-state index in [1.54, 1.807) is 0 Å². The molecule has 0 bridgehead atoms. The molecule has 28 heavy (non-hydrogen) atoms. The largest absolute Gasteiger partial charge is 0.297 e. The fraction of sp³-hybridized carbons (Fsp3) is 0.409. The first-order chi connectivity index (χ1) is 13.6. The van der Waals surface area contributed by atoms with Crippen LogP contribution in [0, 0.1) is 5.82 Å². The van der Waals surface area contributed by atoms with Gasteiger partial charge in [0.15, 0.2) is 0 Å². The fourth-order valence-electron chi connectivity index (χ4n) is 3.91. The molecule has 1 aliphatic rings. The summed E-state index contributed by atoms with van der Waals surface area (Å²) in [5.41, 5.74) is 4.28. The van der Waals surface area contributed by atoms with E-state index in [9.17, 15) is 4.39 Å². The van der Waals surface area contributed by atoms with E-state index >= 15 is 0 Å². The minimum absolute atomic E-state index is 0.219. The second-order valence-corrected chi connectivity index (χ2v) is 7.84. The highest BCUT2D eigenvalue weighted by atomic mass is 19.1. The number of benzene rings is 1. The summed E-state index contributed by atoms with van der Waals surface area (Å²) < 4.78 is 13.3. The molecule has 3 aromatic rings. The number of H-pyrrole nitrogens is 1. The van der Waals surface area contributed by atoms with Gasteiger partial charge in [-0.2, -0.15) is 5.10 Å². The molecule has 0 saturated carbocycles. The molecule has 0 radical (unpaired) electrons. The lowest BCUT2D eigenvalue weighted by Gasteiger charge is -2.32. The number of hydrogen-bond acceptors (Lipinski definition) is 4. The normalized spacial score (nSPS) is 17.9. The van der Waals surface area contributed by atoms with Gasteiger partial charge in [-0.05, 0) is 43.1 Å². The summed E-state index contributed by atoms with van der Waals surface area (Å²) in [6, 6.07) is 8.65. The highest BCUT2D eigenvalue weighted by Gasteiger charge is 2.25. The monoisotopic (exact) mass is 379 g/mol. The van der Waals surface area contributed by atoms with Crippen molar-refractivity contribution in [3.63, 3.8) is 0 Å². The third-order valence-electron chi connectivity index (χ3n) is 5.37. The maximum Gasteiger partial charge on any atom is 0.131 e. The zero-order valence-corrected chi connectivity index (χ0v) is 16.4. The standard InChI is InChI=1S/C22H26FN5/c1-15(2)22-24-10-9-19(26-22)14-28-11-3-4-17(13-28)21-20(12-25-27-21)16-5-7-18(23)8-6-16/h5-10,12,15,17H,3-4,11,13-14H2,1-2H3,(H,25,27). The SMILES string of the molecule is CC(C)c1nccc(CN2CCCC(c3[nH]ncc3-c3ccc(F)cc3)C2)n1. The van der Waals surface area contributed by atoms with Crippen LogP contribution in [0.25, 0.3) is 11.1 Å². The Morgan fingerprint density at radius 2 is 2.04 bits per heavy atom. The highest BCUT2D eigenvalue weighted by Crippen LogP contribution is 2.33. The lowest BCUT2D eigenvalue weighted by atomic mass is 9.90. The number of nitrogens with one attached hydrogen (secondary N) is 1. The van der Waals surface area contributed by atoms with Gasteiger partial charge in [-0.3, -0.25) is 10.00 Å². The van der Waals surface area contributed by atoms with Crippen LogP contribution >= 0.6 is 0 Å². The average Bonchev–Trinajstić information content (AvgIpc) is 3.19. The Balaban J connectivity index is 1.50. The Kier molecular flexibility index (Phi) is 5.48. The molecule has 1 fully saturated rings. The van der Waals surface area contributed by atoms with E-state index in [4.69, 9.17) is 4.98 Å². The maximum absolute atomic E-state index is 13.3. The number of hydrogen-bond donors (Lipinski definition) is 1. The molecule has 5 nitrogen and oxygen atoms in total. The molecular formula is C22H26FN5. The molecule has 1 unspecified atom stereocenters. The van der Waals surface area contributed by atoms with Gasteiger partial charge in [-0.15, -0.1) is 0 Å². The number of likely N-dealkylation sites (tertiary alicyclic amines) is 1. The quantitative estimate of drug-likeness (QED) is 0.709. The summed E-state index contributed by atoms with van der Waals surface area (Å²) in [6.07, 6.45) is 5.96. The first-order valence-electron chi connectivity index (χ1n) is 9.93. The van der Waals surface area contributed by atoms with E-state index in [-0.39, 0.29) is 5.82 Å². The van der Waals surface area contributed by atoms with Crippen LogP contribution < -0.4 is 0 Å². The molecule has 1 saturated heterocycles. The van der Waals surface area contributed by atoms with Gasteiger partial charge < -0.3 is 0 Å². The molecule has 146 valence electrons. The van der Waals surface area contributed by atoms with Gasteiger partial charge in [0.25, 0.3) is 0 Å². The topological polar surface area (TPSA) is 57.7 Å². The first-order valence-corrected chi connectivity index (χ1v) is 9.93. The number of aromatic nitrogens is 4. The lowest BCUT2D eigenvalue weighted by molar-refractivity contribution is 0.196. The van der Waals surface area contributed by atoms with E-state index in [0.29, 0.717) is 11.8 Å². The first kappa shape index (κ1) is 18.7. The number of nitrogens with zero attached hydrogens (tertiary/aromatic N) is 4. The predicted molar refractivity (Wildman–Crippen MR) is 107 cm³/mol. The van der Waals surface area contributed by atoms with Crippen molar-refractivity contribution in [3.8, 4) is 11.1 Å². The fourth-order valence-corrected chi connectivity index (χ4v) is 3.91. The zero-order valence-electron chi connectivity index (χ0n) is 16.4. The Morgan fingerprint density at radius 3 is 2.82 bits per heavy atom. The van der Waals surface area contributed by atoms with Gasteiger partial charge in [0.1, 0.15) is 11.6 Å². The number of rotatable bonds is 5. The van der Waals surface area contributed by atoms with Gasteiger partial charge in [0.2, 0.25) is 0 Å². The Labute approximate surface area is 165 Å². The average molecular weight is 379 g/mol. The number of aromatic amines is 1. The van der Waals surface area contributed by atoms with E-state index in [2.05, 4.69) is 33.9 Å². The number of piperidine rings is 1. The van der Waals surface area contributed by atoms with Crippen LogP contribution in [-0.2, 0) is 6.54 Å². The van der Waals surface area contributed by atoms with Crippen LogP contribution in [0.5, 0.6) is 0 Å². The van der Waals surface area contributed by atoms with Crippen LogP contribution in [0.4, 0.5) is 4.39 Å².